The van der Waals surface area contributed by atoms with Crippen molar-refractivity contribution >= 4 is 17.2 Å². The zero-order valence-electron chi connectivity index (χ0n) is 12.0. The van der Waals surface area contributed by atoms with E-state index in [1.54, 1.807) is 6.20 Å². The number of rotatable bonds is 7. The lowest BCUT2D eigenvalue weighted by molar-refractivity contribution is -0.120. The van der Waals surface area contributed by atoms with Crippen LogP contribution in [0.5, 0.6) is 0 Å². The maximum Gasteiger partial charge on any atom is 0.226 e. The summed E-state index contributed by atoms with van der Waals surface area (Å²) in [4.78, 5) is 20.4. The first-order valence-corrected chi connectivity index (χ1v) is 7.87. The minimum atomic E-state index is -0.347. The molecule has 0 aromatic carbocycles. The van der Waals surface area contributed by atoms with Crippen LogP contribution in [0.3, 0.4) is 0 Å². The van der Waals surface area contributed by atoms with Gasteiger partial charge >= 0.3 is 0 Å². The van der Waals surface area contributed by atoms with Gasteiger partial charge in [0.2, 0.25) is 5.91 Å². The molecule has 21 heavy (non-hydrogen) atoms. The minimum Gasteiger partial charge on any atom is -0.393 e. The molecule has 0 aliphatic rings. The second-order valence-corrected chi connectivity index (χ2v) is 5.59. The highest BCUT2D eigenvalue weighted by Crippen LogP contribution is 2.21. The molecule has 1 amide bonds. The van der Waals surface area contributed by atoms with E-state index in [0.717, 1.165) is 16.4 Å². The average molecular weight is 305 g/mol. The van der Waals surface area contributed by atoms with Crippen molar-refractivity contribution in [1.82, 2.24) is 15.3 Å². The number of thiazole rings is 1. The highest BCUT2D eigenvalue weighted by Gasteiger charge is 2.10. The van der Waals surface area contributed by atoms with Crippen LogP contribution in [0.4, 0.5) is 0 Å². The van der Waals surface area contributed by atoms with Gasteiger partial charge in [0.1, 0.15) is 5.01 Å². The highest BCUT2D eigenvalue weighted by molar-refractivity contribution is 7.13. The Balaban J connectivity index is 1.84. The molecule has 0 saturated heterocycles. The van der Waals surface area contributed by atoms with Crippen LogP contribution in [0.25, 0.3) is 10.7 Å². The molecule has 2 aromatic heterocycles. The van der Waals surface area contributed by atoms with Gasteiger partial charge in [0.15, 0.2) is 0 Å². The van der Waals surface area contributed by atoms with Crippen LogP contribution in [0.15, 0.2) is 29.8 Å². The Morgan fingerprint density at radius 1 is 1.48 bits per heavy atom. The summed E-state index contributed by atoms with van der Waals surface area (Å²) in [6.07, 6.45) is 2.92. The Morgan fingerprint density at radius 2 is 2.33 bits per heavy atom. The van der Waals surface area contributed by atoms with Gasteiger partial charge in [-0.15, -0.1) is 11.3 Å². The molecular formula is C15H19N3O2S. The third-order valence-corrected chi connectivity index (χ3v) is 3.96. The number of carbonyl (C=O) groups excluding carboxylic acids is 1. The summed E-state index contributed by atoms with van der Waals surface area (Å²) >= 11 is 1.48. The van der Waals surface area contributed by atoms with Crippen molar-refractivity contribution in [2.45, 2.75) is 32.3 Å². The summed E-state index contributed by atoms with van der Waals surface area (Å²) in [6.45, 7) is 2.41. The van der Waals surface area contributed by atoms with Gasteiger partial charge in [0.05, 0.1) is 23.9 Å². The Bertz CT molecular complexity index is 571. The molecular weight excluding hydrogens is 286 g/mol. The first kappa shape index (κ1) is 15.6. The third-order valence-electron chi connectivity index (χ3n) is 3.05. The maximum atomic E-state index is 11.8. The number of nitrogens with one attached hydrogen (secondary N) is 1. The number of carbonyl (C=O) groups is 1. The molecule has 0 fully saturated rings. The molecule has 0 saturated carbocycles. The molecule has 2 heterocycles. The van der Waals surface area contributed by atoms with Gasteiger partial charge in [0.25, 0.3) is 0 Å². The number of nitrogens with zero attached hydrogens (tertiary/aromatic N) is 2. The van der Waals surface area contributed by atoms with Gasteiger partial charge in [-0.05, 0) is 25.0 Å². The van der Waals surface area contributed by atoms with Crippen molar-refractivity contribution in [2.75, 3.05) is 6.54 Å². The molecule has 0 aliphatic heterocycles. The summed E-state index contributed by atoms with van der Waals surface area (Å²) in [5.41, 5.74) is 1.56. The van der Waals surface area contributed by atoms with Crippen LogP contribution >= 0.6 is 11.3 Å². The molecule has 1 unspecified atom stereocenters. The summed E-state index contributed by atoms with van der Waals surface area (Å²) in [5.74, 6) is -0.0730. The normalized spacial score (nSPS) is 12.1. The largest absolute Gasteiger partial charge is 0.393 e. The van der Waals surface area contributed by atoms with Crippen LogP contribution in [0.1, 0.15) is 25.5 Å². The lowest BCUT2D eigenvalue weighted by atomic mass is 10.2. The average Bonchev–Trinajstić information content (AvgIpc) is 2.96. The van der Waals surface area contributed by atoms with Crippen LogP contribution in [-0.2, 0) is 11.2 Å². The molecule has 5 nitrogen and oxygen atoms in total. The molecule has 0 spiro atoms. The SMILES string of the molecule is CCC(O)CCNC(=O)Cc1csc(-c2ccccn2)n1. The number of hydrogen-bond acceptors (Lipinski definition) is 5. The lowest BCUT2D eigenvalue weighted by Gasteiger charge is -2.08. The van der Waals surface area contributed by atoms with Crippen LogP contribution in [0.2, 0.25) is 0 Å². The Hall–Kier alpha value is -1.79. The van der Waals surface area contributed by atoms with Crippen LogP contribution in [-0.4, -0.2) is 33.6 Å². The van der Waals surface area contributed by atoms with Crippen molar-refractivity contribution in [3.63, 3.8) is 0 Å². The van der Waals surface area contributed by atoms with Crippen LogP contribution in [0, 0.1) is 0 Å². The fraction of sp³-hybridized carbons (Fsp3) is 0.400. The molecule has 2 rings (SSSR count). The molecule has 112 valence electrons. The number of aliphatic hydroxyl groups is 1. The molecule has 2 N–H and O–H groups in total. The molecule has 0 bridgehead atoms. The first-order chi connectivity index (χ1) is 10.2. The third kappa shape index (κ3) is 4.91. The van der Waals surface area contributed by atoms with E-state index >= 15 is 0 Å². The predicted molar refractivity (Wildman–Crippen MR) is 83.0 cm³/mol. The van der Waals surface area contributed by atoms with Crippen molar-refractivity contribution in [3.8, 4) is 10.7 Å². The van der Waals surface area contributed by atoms with Gasteiger partial charge in [-0.25, -0.2) is 4.98 Å². The topological polar surface area (TPSA) is 75.1 Å². The second kappa shape index (κ2) is 7.85. The number of hydrogen-bond donors (Lipinski definition) is 2. The van der Waals surface area contributed by atoms with Crippen molar-refractivity contribution < 1.29 is 9.90 Å². The van der Waals surface area contributed by atoms with Crippen molar-refractivity contribution in [3.05, 3.63) is 35.5 Å². The summed E-state index contributed by atoms with van der Waals surface area (Å²) in [6, 6.07) is 5.67. The van der Waals surface area contributed by atoms with E-state index in [-0.39, 0.29) is 18.4 Å². The zero-order valence-corrected chi connectivity index (χ0v) is 12.8. The number of amides is 1. The van der Waals surface area contributed by atoms with Gasteiger partial charge in [-0.1, -0.05) is 13.0 Å². The van der Waals surface area contributed by atoms with Crippen molar-refractivity contribution in [1.29, 1.82) is 0 Å². The van der Waals surface area contributed by atoms with Gasteiger partial charge in [-0.2, -0.15) is 0 Å². The number of pyridine rings is 1. The zero-order chi connectivity index (χ0) is 15.1. The Kier molecular flexibility index (Phi) is 5.83. The number of aliphatic hydroxyl groups excluding tert-OH is 1. The summed E-state index contributed by atoms with van der Waals surface area (Å²) in [7, 11) is 0. The fourth-order valence-corrected chi connectivity index (χ4v) is 2.60. The molecule has 6 heteroatoms. The molecule has 2 aromatic rings. The van der Waals surface area contributed by atoms with E-state index in [1.807, 2.05) is 30.5 Å². The molecule has 1 atom stereocenters. The summed E-state index contributed by atoms with van der Waals surface area (Å²) < 4.78 is 0. The second-order valence-electron chi connectivity index (χ2n) is 4.74. The van der Waals surface area contributed by atoms with E-state index in [0.29, 0.717) is 19.4 Å². The van der Waals surface area contributed by atoms with E-state index in [4.69, 9.17) is 0 Å². The Morgan fingerprint density at radius 3 is 3.05 bits per heavy atom. The van der Waals surface area contributed by atoms with E-state index < -0.39 is 0 Å². The standard InChI is InChI=1S/C15H19N3O2S/c1-2-12(19)6-8-17-14(20)9-11-10-21-15(18-11)13-5-3-4-7-16-13/h3-5,7,10,12,19H,2,6,8-9H2,1H3,(H,17,20). The van der Waals surface area contributed by atoms with E-state index in [9.17, 15) is 9.90 Å². The van der Waals surface area contributed by atoms with Gasteiger partial charge in [0, 0.05) is 18.1 Å². The monoisotopic (exact) mass is 305 g/mol. The van der Waals surface area contributed by atoms with E-state index in [1.165, 1.54) is 11.3 Å². The van der Waals surface area contributed by atoms with Crippen molar-refractivity contribution in [2.24, 2.45) is 0 Å². The fourth-order valence-electron chi connectivity index (χ4n) is 1.80. The maximum absolute atomic E-state index is 11.8. The van der Waals surface area contributed by atoms with Crippen LogP contribution < -0.4 is 5.32 Å². The highest BCUT2D eigenvalue weighted by atomic mass is 32.1. The minimum absolute atomic E-state index is 0.0730. The molecule has 0 radical (unpaired) electrons. The first-order valence-electron chi connectivity index (χ1n) is 6.99. The van der Waals surface area contributed by atoms with Gasteiger partial charge in [-0.3, -0.25) is 9.78 Å². The summed E-state index contributed by atoms with van der Waals surface area (Å²) in [5, 5.41) is 14.9. The quantitative estimate of drug-likeness (QED) is 0.820. The Labute approximate surface area is 128 Å². The van der Waals surface area contributed by atoms with Gasteiger partial charge < -0.3 is 10.4 Å². The number of aromatic nitrogens is 2. The predicted octanol–water partition coefficient (Wildman–Crippen LogP) is 2.02. The van der Waals surface area contributed by atoms with E-state index in [2.05, 4.69) is 15.3 Å². The smallest absolute Gasteiger partial charge is 0.226 e. The lowest BCUT2D eigenvalue weighted by Crippen LogP contribution is -2.28. The molecule has 0 aliphatic carbocycles.